The average molecular weight is 378 g/mol. The largest absolute Gasteiger partial charge is 0.504 e. The van der Waals surface area contributed by atoms with Crippen molar-refractivity contribution in [2.45, 2.75) is 58.3 Å². The van der Waals surface area contributed by atoms with Crippen molar-refractivity contribution in [1.82, 2.24) is 0 Å². The fraction of sp³-hybridized carbons (Fsp3) is 0.571. The molecule has 0 aliphatic carbocycles. The first-order chi connectivity index (χ1) is 13.1. The number of carboxylic acid groups (broad SMARTS) is 1. The van der Waals surface area contributed by atoms with E-state index in [0.717, 1.165) is 12.8 Å². The first kappa shape index (κ1) is 20.9. The molecule has 6 nitrogen and oxygen atoms in total. The van der Waals surface area contributed by atoms with Crippen molar-refractivity contribution in [1.29, 1.82) is 0 Å². The summed E-state index contributed by atoms with van der Waals surface area (Å²) in [5, 5.41) is 19.2. The van der Waals surface area contributed by atoms with Gasteiger partial charge in [-0.1, -0.05) is 45.1 Å². The van der Waals surface area contributed by atoms with Crippen LogP contribution in [-0.2, 0) is 9.53 Å². The van der Waals surface area contributed by atoms with Gasteiger partial charge in [0, 0.05) is 6.42 Å². The van der Waals surface area contributed by atoms with Crippen LogP contribution in [0.4, 0.5) is 0 Å². The van der Waals surface area contributed by atoms with Gasteiger partial charge in [-0.2, -0.15) is 0 Å². The van der Waals surface area contributed by atoms with Gasteiger partial charge in [-0.05, 0) is 25.0 Å². The van der Waals surface area contributed by atoms with E-state index >= 15 is 0 Å². The summed E-state index contributed by atoms with van der Waals surface area (Å²) in [6, 6.07) is 5.26. The molecule has 6 heteroatoms. The van der Waals surface area contributed by atoms with Crippen LogP contribution < -0.4 is 9.47 Å². The van der Waals surface area contributed by atoms with Gasteiger partial charge in [-0.15, -0.1) is 0 Å². The zero-order chi connectivity index (χ0) is 19.5. The molecule has 27 heavy (non-hydrogen) atoms. The Morgan fingerprint density at radius 1 is 1.07 bits per heavy atom. The number of fused-ring (bicyclic) bond motifs is 1. The van der Waals surface area contributed by atoms with Crippen LogP contribution in [0.25, 0.3) is 5.76 Å². The lowest BCUT2D eigenvalue weighted by Gasteiger charge is -2.23. The molecule has 0 unspecified atom stereocenters. The van der Waals surface area contributed by atoms with E-state index in [1.54, 1.807) is 18.2 Å². The fourth-order valence-corrected chi connectivity index (χ4v) is 2.91. The third-order valence-corrected chi connectivity index (χ3v) is 4.41. The number of benzene rings is 1. The molecular weight excluding hydrogens is 348 g/mol. The Morgan fingerprint density at radius 3 is 2.59 bits per heavy atom. The van der Waals surface area contributed by atoms with Crippen molar-refractivity contribution in [2.24, 2.45) is 0 Å². The van der Waals surface area contributed by atoms with E-state index in [4.69, 9.17) is 19.3 Å². The molecule has 1 aliphatic heterocycles. The van der Waals surface area contributed by atoms with E-state index in [2.05, 4.69) is 6.92 Å². The highest BCUT2D eigenvalue weighted by Crippen LogP contribution is 2.39. The zero-order valence-electron chi connectivity index (χ0n) is 16.0. The van der Waals surface area contributed by atoms with Crippen LogP contribution in [0.15, 0.2) is 24.0 Å². The number of carbonyl (C=O) groups is 1. The minimum atomic E-state index is -0.849. The van der Waals surface area contributed by atoms with Crippen LogP contribution in [0.1, 0.15) is 63.9 Å². The first-order valence-electron chi connectivity index (χ1n) is 9.79. The second kappa shape index (κ2) is 11.4. The summed E-state index contributed by atoms with van der Waals surface area (Å²) in [6.45, 7) is 3.20. The van der Waals surface area contributed by atoms with Crippen LogP contribution in [0.2, 0.25) is 0 Å². The van der Waals surface area contributed by atoms with E-state index in [-0.39, 0.29) is 25.4 Å². The lowest BCUT2D eigenvalue weighted by atomic mass is 10.1. The maximum absolute atomic E-state index is 10.6. The van der Waals surface area contributed by atoms with Gasteiger partial charge in [0.15, 0.2) is 23.0 Å². The number of carboxylic acids is 1. The van der Waals surface area contributed by atoms with E-state index in [1.165, 1.54) is 25.7 Å². The summed E-state index contributed by atoms with van der Waals surface area (Å²) >= 11 is 0. The highest BCUT2D eigenvalue weighted by molar-refractivity contribution is 5.71. The number of hydrogen-bond donors (Lipinski definition) is 2. The average Bonchev–Trinajstić information content (AvgIpc) is 2.66. The van der Waals surface area contributed by atoms with Gasteiger partial charge < -0.3 is 24.4 Å². The molecule has 0 bridgehead atoms. The van der Waals surface area contributed by atoms with E-state index in [0.29, 0.717) is 35.8 Å². The Bertz CT molecular complexity index is 638. The van der Waals surface area contributed by atoms with Crippen molar-refractivity contribution in [2.75, 3.05) is 19.8 Å². The van der Waals surface area contributed by atoms with Gasteiger partial charge in [-0.25, -0.2) is 0 Å². The Balaban J connectivity index is 1.87. The van der Waals surface area contributed by atoms with Gasteiger partial charge in [-0.3, -0.25) is 4.79 Å². The normalized spacial score (nSPS) is 13.1. The fourth-order valence-electron chi connectivity index (χ4n) is 2.91. The monoisotopic (exact) mass is 378 g/mol. The number of aliphatic hydroxyl groups excluding tert-OH is 1. The smallest absolute Gasteiger partial charge is 0.303 e. The number of para-hydroxylation sites is 1. The van der Waals surface area contributed by atoms with E-state index in [1.807, 2.05) is 0 Å². The number of hydrogen-bond acceptors (Lipinski definition) is 5. The summed E-state index contributed by atoms with van der Waals surface area (Å²) in [5.41, 5.74) is 0.537. The highest BCUT2D eigenvalue weighted by atomic mass is 16.5. The Morgan fingerprint density at radius 2 is 1.81 bits per heavy atom. The van der Waals surface area contributed by atoms with Gasteiger partial charge in [0.05, 0.1) is 18.8 Å². The summed E-state index contributed by atoms with van der Waals surface area (Å²) < 4.78 is 17.1. The van der Waals surface area contributed by atoms with E-state index < -0.39 is 5.97 Å². The number of ether oxygens (including phenoxy) is 3. The molecule has 0 aromatic heterocycles. The van der Waals surface area contributed by atoms with Crippen molar-refractivity contribution in [3.05, 3.63) is 29.5 Å². The molecule has 1 heterocycles. The summed E-state index contributed by atoms with van der Waals surface area (Å²) in [4.78, 5) is 10.6. The molecule has 150 valence electrons. The van der Waals surface area contributed by atoms with Crippen LogP contribution in [0, 0.1) is 0 Å². The number of rotatable bonds is 13. The zero-order valence-corrected chi connectivity index (χ0v) is 16.0. The molecule has 1 aliphatic rings. The van der Waals surface area contributed by atoms with Crippen molar-refractivity contribution in [3.8, 4) is 11.5 Å². The second-order valence-corrected chi connectivity index (χ2v) is 6.66. The van der Waals surface area contributed by atoms with Gasteiger partial charge in [0.2, 0.25) is 0 Å². The summed E-state index contributed by atoms with van der Waals surface area (Å²) in [5.74, 6) is 0.645. The number of unbranched alkanes of at least 4 members (excludes halogenated alkanes) is 5. The van der Waals surface area contributed by atoms with Gasteiger partial charge in [0.25, 0.3) is 0 Å². The Kier molecular flexibility index (Phi) is 8.81. The molecule has 0 radical (unpaired) electrons. The molecule has 2 rings (SSSR count). The summed E-state index contributed by atoms with van der Waals surface area (Å²) in [7, 11) is 0. The van der Waals surface area contributed by atoms with Gasteiger partial charge >= 0.3 is 5.97 Å². The predicted molar refractivity (Wildman–Crippen MR) is 103 cm³/mol. The molecule has 0 amide bonds. The molecule has 1 aromatic rings. The van der Waals surface area contributed by atoms with Crippen LogP contribution in [0.5, 0.6) is 11.5 Å². The molecule has 0 saturated heterocycles. The van der Waals surface area contributed by atoms with Crippen molar-refractivity contribution < 1.29 is 29.2 Å². The lowest BCUT2D eigenvalue weighted by molar-refractivity contribution is -0.137. The van der Waals surface area contributed by atoms with Crippen LogP contribution in [-0.4, -0.2) is 36.0 Å². The topological polar surface area (TPSA) is 85.2 Å². The Labute approximate surface area is 160 Å². The predicted octanol–water partition coefficient (Wildman–Crippen LogP) is 4.93. The SMILES string of the molecule is CCCCCCCCOC1=C(O)c2cccc(OCCCC(=O)O)c2OC1. The molecule has 0 saturated carbocycles. The van der Waals surface area contributed by atoms with Gasteiger partial charge in [0.1, 0.15) is 6.61 Å². The summed E-state index contributed by atoms with van der Waals surface area (Å²) in [6.07, 6.45) is 7.53. The molecule has 0 fully saturated rings. The minimum Gasteiger partial charge on any atom is -0.504 e. The second-order valence-electron chi connectivity index (χ2n) is 6.66. The third-order valence-electron chi connectivity index (χ3n) is 4.41. The van der Waals surface area contributed by atoms with Crippen LogP contribution in [0.3, 0.4) is 0 Å². The quantitative estimate of drug-likeness (QED) is 0.474. The van der Waals surface area contributed by atoms with Crippen molar-refractivity contribution in [3.63, 3.8) is 0 Å². The van der Waals surface area contributed by atoms with Crippen LogP contribution >= 0.6 is 0 Å². The third kappa shape index (κ3) is 6.70. The minimum absolute atomic E-state index is 0.0530. The van der Waals surface area contributed by atoms with Crippen molar-refractivity contribution >= 4 is 11.7 Å². The molecule has 1 aromatic carbocycles. The molecule has 0 spiro atoms. The molecule has 2 N–H and O–H groups in total. The number of aliphatic carboxylic acids is 1. The maximum atomic E-state index is 10.6. The maximum Gasteiger partial charge on any atom is 0.303 e. The lowest BCUT2D eigenvalue weighted by Crippen LogP contribution is -2.15. The highest BCUT2D eigenvalue weighted by Gasteiger charge is 2.24. The van der Waals surface area contributed by atoms with E-state index in [9.17, 15) is 9.90 Å². The standard InChI is InChI=1S/C21H30O6/c1-2-3-4-5-6-7-13-26-18-15-27-21-16(20(18)24)10-8-11-17(21)25-14-9-12-19(22)23/h8,10-11,24H,2-7,9,12-15H2,1H3,(H,22,23). The molecule has 0 atom stereocenters. The Hall–Kier alpha value is -2.37. The number of aliphatic hydroxyl groups is 1. The molecular formula is C21H30O6. The first-order valence-corrected chi connectivity index (χ1v) is 9.79.